The molecule has 5 heteroatoms. The second kappa shape index (κ2) is 6.99. The quantitative estimate of drug-likeness (QED) is 0.882. The van der Waals surface area contributed by atoms with Gasteiger partial charge in [-0.15, -0.1) is 0 Å². The van der Waals surface area contributed by atoms with Gasteiger partial charge in [-0.2, -0.15) is 5.10 Å². The molecule has 0 fully saturated rings. The van der Waals surface area contributed by atoms with Crippen molar-refractivity contribution in [2.45, 2.75) is 45.7 Å². The Morgan fingerprint density at radius 1 is 1.35 bits per heavy atom. The van der Waals surface area contributed by atoms with Crippen LogP contribution >= 0.6 is 15.9 Å². The summed E-state index contributed by atoms with van der Waals surface area (Å²) in [6, 6.07) is 4.09. The number of hydrogen-bond acceptors (Lipinski definition) is 3. The van der Waals surface area contributed by atoms with Crippen LogP contribution in [0, 0.1) is 0 Å². The number of nitrogens with two attached hydrogens (primary N) is 1. The first-order chi connectivity index (χ1) is 9.65. The minimum Gasteiger partial charge on any atom is -0.327 e. The van der Waals surface area contributed by atoms with Crippen molar-refractivity contribution in [1.82, 2.24) is 14.8 Å². The van der Waals surface area contributed by atoms with Gasteiger partial charge in [0, 0.05) is 31.4 Å². The largest absolute Gasteiger partial charge is 0.327 e. The summed E-state index contributed by atoms with van der Waals surface area (Å²) < 4.78 is 3.16. The van der Waals surface area contributed by atoms with E-state index in [9.17, 15) is 0 Å². The summed E-state index contributed by atoms with van der Waals surface area (Å²) in [5, 5.41) is 4.61. The number of halogens is 1. The van der Waals surface area contributed by atoms with Crippen LogP contribution in [0.2, 0.25) is 0 Å². The van der Waals surface area contributed by atoms with Crippen molar-refractivity contribution in [2.24, 2.45) is 5.73 Å². The van der Waals surface area contributed by atoms with Crippen LogP contribution in [-0.4, -0.2) is 20.8 Å². The van der Waals surface area contributed by atoms with Gasteiger partial charge in [0.1, 0.15) is 0 Å². The van der Waals surface area contributed by atoms with Crippen LogP contribution < -0.4 is 5.73 Å². The first kappa shape index (κ1) is 15.2. The molecular formula is C15H21BrN4. The lowest BCUT2D eigenvalue weighted by atomic mass is 10.0. The number of pyridine rings is 1. The number of rotatable bonds is 6. The first-order valence-electron chi connectivity index (χ1n) is 7.04. The second-order valence-corrected chi connectivity index (χ2v) is 5.70. The van der Waals surface area contributed by atoms with Gasteiger partial charge in [-0.25, -0.2) is 0 Å². The summed E-state index contributed by atoms with van der Waals surface area (Å²) >= 11 is 3.67. The van der Waals surface area contributed by atoms with E-state index in [0.717, 1.165) is 36.0 Å². The molecule has 0 spiro atoms. The van der Waals surface area contributed by atoms with E-state index in [4.69, 9.17) is 5.73 Å². The molecule has 2 aromatic heterocycles. The molecule has 0 aliphatic heterocycles. The summed E-state index contributed by atoms with van der Waals surface area (Å²) in [4.78, 5) is 4.13. The third-order valence-electron chi connectivity index (χ3n) is 3.37. The number of aryl methyl sites for hydroxylation is 2. The molecule has 0 bridgehead atoms. The fourth-order valence-corrected chi connectivity index (χ4v) is 3.08. The van der Waals surface area contributed by atoms with E-state index in [-0.39, 0.29) is 6.04 Å². The maximum absolute atomic E-state index is 6.29. The third kappa shape index (κ3) is 3.46. The predicted molar refractivity (Wildman–Crippen MR) is 84.6 cm³/mol. The molecule has 0 amide bonds. The molecule has 4 nitrogen and oxygen atoms in total. The molecule has 1 unspecified atom stereocenters. The molecule has 1 atom stereocenters. The van der Waals surface area contributed by atoms with Gasteiger partial charge in [0.2, 0.25) is 0 Å². The maximum atomic E-state index is 6.29. The molecule has 108 valence electrons. The van der Waals surface area contributed by atoms with E-state index in [1.807, 2.05) is 16.9 Å². The van der Waals surface area contributed by atoms with Gasteiger partial charge in [-0.1, -0.05) is 13.0 Å². The molecule has 2 N–H and O–H groups in total. The summed E-state index contributed by atoms with van der Waals surface area (Å²) in [5.74, 6) is 0. The summed E-state index contributed by atoms with van der Waals surface area (Å²) in [7, 11) is 0. The highest BCUT2D eigenvalue weighted by molar-refractivity contribution is 9.10. The lowest BCUT2D eigenvalue weighted by Crippen LogP contribution is -2.27. The minimum absolute atomic E-state index is 0.0715. The molecule has 2 heterocycles. The molecule has 0 saturated carbocycles. The Bertz CT molecular complexity index is 551. The van der Waals surface area contributed by atoms with E-state index >= 15 is 0 Å². The van der Waals surface area contributed by atoms with Crippen molar-refractivity contribution >= 4 is 15.9 Å². The summed E-state index contributed by atoms with van der Waals surface area (Å²) in [6.45, 7) is 5.09. The van der Waals surface area contributed by atoms with Gasteiger partial charge in [-0.05, 0) is 47.3 Å². The predicted octanol–water partition coefficient (Wildman–Crippen LogP) is 2.74. The van der Waals surface area contributed by atoms with Crippen molar-refractivity contribution in [3.63, 3.8) is 0 Å². The Hall–Kier alpha value is -1.20. The Kier molecular flexibility index (Phi) is 5.31. The molecule has 0 aliphatic rings. The van der Waals surface area contributed by atoms with Crippen LogP contribution in [0.15, 0.2) is 29.0 Å². The Labute approximate surface area is 128 Å². The van der Waals surface area contributed by atoms with Gasteiger partial charge >= 0.3 is 0 Å². The Morgan fingerprint density at radius 2 is 2.15 bits per heavy atom. The summed E-state index contributed by atoms with van der Waals surface area (Å²) in [6.07, 6.45) is 6.24. The smallest absolute Gasteiger partial charge is 0.0766 e. The SMILES string of the molecule is CCc1nn(CC)c(CC(N)Cc2cccnc2)c1Br. The molecule has 2 rings (SSSR count). The monoisotopic (exact) mass is 336 g/mol. The highest BCUT2D eigenvalue weighted by atomic mass is 79.9. The molecule has 0 saturated heterocycles. The molecule has 0 radical (unpaired) electrons. The lowest BCUT2D eigenvalue weighted by molar-refractivity contribution is 0.571. The summed E-state index contributed by atoms with van der Waals surface area (Å²) in [5.41, 5.74) is 9.77. The van der Waals surface area contributed by atoms with Crippen LogP contribution in [0.4, 0.5) is 0 Å². The van der Waals surface area contributed by atoms with Crippen LogP contribution in [0.25, 0.3) is 0 Å². The van der Waals surface area contributed by atoms with Gasteiger partial charge in [0.05, 0.1) is 15.9 Å². The Balaban J connectivity index is 2.11. The van der Waals surface area contributed by atoms with Crippen LogP contribution in [-0.2, 0) is 25.8 Å². The van der Waals surface area contributed by atoms with Crippen molar-refractivity contribution in [3.8, 4) is 0 Å². The van der Waals surface area contributed by atoms with Gasteiger partial charge in [-0.3, -0.25) is 9.67 Å². The zero-order valence-corrected chi connectivity index (χ0v) is 13.6. The minimum atomic E-state index is 0.0715. The normalized spacial score (nSPS) is 12.6. The van der Waals surface area contributed by atoms with Crippen molar-refractivity contribution in [2.75, 3.05) is 0 Å². The fraction of sp³-hybridized carbons (Fsp3) is 0.467. The highest BCUT2D eigenvalue weighted by Crippen LogP contribution is 2.23. The maximum Gasteiger partial charge on any atom is 0.0766 e. The van der Waals surface area contributed by atoms with Gasteiger partial charge in [0.15, 0.2) is 0 Å². The van der Waals surface area contributed by atoms with Crippen molar-refractivity contribution in [1.29, 1.82) is 0 Å². The van der Waals surface area contributed by atoms with E-state index in [1.54, 1.807) is 6.20 Å². The van der Waals surface area contributed by atoms with Crippen LogP contribution in [0.1, 0.15) is 30.8 Å². The average Bonchev–Trinajstić information content (AvgIpc) is 2.76. The zero-order valence-electron chi connectivity index (χ0n) is 12.0. The Morgan fingerprint density at radius 3 is 2.75 bits per heavy atom. The van der Waals surface area contributed by atoms with E-state index in [1.165, 1.54) is 11.3 Å². The highest BCUT2D eigenvalue weighted by Gasteiger charge is 2.16. The molecule has 2 aromatic rings. The molecular weight excluding hydrogens is 316 g/mol. The first-order valence-corrected chi connectivity index (χ1v) is 7.83. The fourth-order valence-electron chi connectivity index (χ4n) is 2.35. The molecule has 20 heavy (non-hydrogen) atoms. The average molecular weight is 337 g/mol. The molecule has 0 aliphatic carbocycles. The standard InChI is InChI=1S/C15H21BrN4/c1-3-13-15(16)14(20(4-2)19-13)9-12(17)8-11-6-5-7-18-10-11/h5-7,10,12H,3-4,8-9,17H2,1-2H3. The van der Waals surface area contributed by atoms with Crippen LogP contribution in [0.5, 0.6) is 0 Å². The van der Waals surface area contributed by atoms with E-state index in [2.05, 4.69) is 45.9 Å². The lowest BCUT2D eigenvalue weighted by Gasteiger charge is -2.13. The molecule has 0 aromatic carbocycles. The number of nitrogens with zero attached hydrogens (tertiary/aromatic N) is 3. The topological polar surface area (TPSA) is 56.7 Å². The van der Waals surface area contributed by atoms with E-state index in [0.29, 0.717) is 0 Å². The second-order valence-electron chi connectivity index (χ2n) is 4.91. The number of aromatic nitrogens is 3. The zero-order chi connectivity index (χ0) is 14.5. The van der Waals surface area contributed by atoms with Gasteiger partial charge < -0.3 is 5.73 Å². The third-order valence-corrected chi connectivity index (χ3v) is 4.29. The van der Waals surface area contributed by atoms with E-state index < -0.39 is 0 Å². The van der Waals surface area contributed by atoms with Crippen molar-refractivity contribution < 1.29 is 0 Å². The van der Waals surface area contributed by atoms with Crippen molar-refractivity contribution in [3.05, 3.63) is 46.0 Å². The number of hydrogen-bond donors (Lipinski definition) is 1. The van der Waals surface area contributed by atoms with Gasteiger partial charge in [0.25, 0.3) is 0 Å². The van der Waals surface area contributed by atoms with Crippen LogP contribution in [0.3, 0.4) is 0 Å².